The van der Waals surface area contributed by atoms with Gasteiger partial charge in [0.25, 0.3) is 0 Å². The summed E-state index contributed by atoms with van der Waals surface area (Å²) in [5, 5.41) is 1.10. The second-order valence-electron chi connectivity index (χ2n) is 2.28. The molecule has 0 atom stereocenters. The molecule has 0 bridgehead atoms. The van der Waals surface area contributed by atoms with E-state index < -0.39 is 0 Å². The summed E-state index contributed by atoms with van der Waals surface area (Å²) in [4.78, 5) is 0. The normalized spacial score (nSPS) is 8.08. The van der Waals surface area contributed by atoms with Gasteiger partial charge in [0.05, 0.1) is 0 Å². The summed E-state index contributed by atoms with van der Waals surface area (Å²) >= 11 is 3.41. The molecular formula is C9H11BrCsF. The van der Waals surface area contributed by atoms with E-state index in [0.717, 1.165) is 5.33 Å². The maximum Gasteiger partial charge on any atom is 1.00 e. The van der Waals surface area contributed by atoms with Crippen molar-refractivity contribution in [2.75, 3.05) is 5.33 Å². The van der Waals surface area contributed by atoms with Gasteiger partial charge in [-0.2, -0.15) is 0 Å². The van der Waals surface area contributed by atoms with Crippen LogP contribution in [0.5, 0.6) is 0 Å². The average Bonchev–Trinajstić information content (AvgIpc) is 2.03. The number of aryl methyl sites for hydroxylation is 1. The van der Waals surface area contributed by atoms with Gasteiger partial charge in [-0.15, -0.1) is 0 Å². The number of rotatable bonds is 3. The fraction of sp³-hybridized carbons (Fsp3) is 0.333. The van der Waals surface area contributed by atoms with Crippen LogP contribution in [0.25, 0.3) is 0 Å². The fourth-order valence-corrected chi connectivity index (χ4v) is 1.20. The zero-order valence-corrected chi connectivity index (χ0v) is 15.1. The fourth-order valence-electron chi connectivity index (χ4n) is 0.916. The monoisotopic (exact) mass is 350 g/mol. The van der Waals surface area contributed by atoms with Crippen molar-refractivity contribution in [3.8, 4) is 0 Å². The minimum Gasteiger partial charge on any atom is -1.00 e. The molecule has 0 saturated carbocycles. The number of hydrogen-bond donors (Lipinski definition) is 0. The molecule has 0 nitrogen and oxygen atoms in total. The van der Waals surface area contributed by atoms with Crippen LogP contribution in [0.1, 0.15) is 12.0 Å². The molecule has 0 unspecified atom stereocenters. The van der Waals surface area contributed by atoms with E-state index in [-0.39, 0.29) is 73.6 Å². The van der Waals surface area contributed by atoms with E-state index in [1.54, 1.807) is 0 Å². The van der Waals surface area contributed by atoms with E-state index in [4.69, 9.17) is 0 Å². The van der Waals surface area contributed by atoms with Gasteiger partial charge in [0.2, 0.25) is 0 Å². The Morgan fingerprint density at radius 1 is 1.08 bits per heavy atom. The maximum atomic E-state index is 3.41. The van der Waals surface area contributed by atoms with Crippen molar-refractivity contribution in [3.63, 3.8) is 0 Å². The molecule has 1 rings (SSSR count). The van der Waals surface area contributed by atoms with E-state index in [1.807, 2.05) is 0 Å². The molecular weight excluding hydrogens is 340 g/mol. The van der Waals surface area contributed by atoms with Crippen LogP contribution in [0, 0.1) is 0 Å². The summed E-state index contributed by atoms with van der Waals surface area (Å²) in [7, 11) is 0. The Hall–Kier alpha value is 1.68. The van der Waals surface area contributed by atoms with Gasteiger partial charge in [0.1, 0.15) is 0 Å². The van der Waals surface area contributed by atoms with Crippen LogP contribution in [0.4, 0.5) is 0 Å². The van der Waals surface area contributed by atoms with E-state index in [0.29, 0.717) is 0 Å². The largest absolute Gasteiger partial charge is 1.00 e. The Morgan fingerprint density at radius 3 is 2.17 bits per heavy atom. The molecule has 1 aromatic rings. The number of benzene rings is 1. The molecule has 12 heavy (non-hydrogen) atoms. The Kier molecular flexibility index (Phi) is 14.5. The number of hydrogen-bond acceptors (Lipinski definition) is 0. The van der Waals surface area contributed by atoms with Gasteiger partial charge in [0, 0.05) is 5.33 Å². The van der Waals surface area contributed by atoms with Gasteiger partial charge in [0.15, 0.2) is 0 Å². The van der Waals surface area contributed by atoms with Crippen LogP contribution >= 0.6 is 15.9 Å². The van der Waals surface area contributed by atoms with Gasteiger partial charge >= 0.3 is 68.9 Å². The third kappa shape index (κ3) is 7.12. The van der Waals surface area contributed by atoms with E-state index in [2.05, 4.69) is 46.3 Å². The summed E-state index contributed by atoms with van der Waals surface area (Å²) < 4.78 is 0. The Morgan fingerprint density at radius 2 is 1.67 bits per heavy atom. The Labute approximate surface area is 140 Å². The van der Waals surface area contributed by atoms with Crippen molar-refractivity contribution < 1.29 is 73.6 Å². The molecule has 0 saturated heterocycles. The molecule has 0 radical (unpaired) electrons. The molecule has 0 fully saturated rings. The summed E-state index contributed by atoms with van der Waals surface area (Å²) in [5.41, 5.74) is 1.43. The SMILES string of the molecule is BrCCCc1ccccc1.[Cs+].[F-]. The summed E-state index contributed by atoms with van der Waals surface area (Å²) in [6.45, 7) is 0. The second-order valence-corrected chi connectivity index (χ2v) is 3.07. The number of halogens is 2. The molecule has 0 aromatic heterocycles. The molecule has 0 spiro atoms. The van der Waals surface area contributed by atoms with Crippen LogP contribution in [-0.4, -0.2) is 5.33 Å². The molecule has 0 amide bonds. The first-order valence-electron chi connectivity index (χ1n) is 3.53. The first kappa shape index (κ1) is 16.1. The molecule has 62 valence electrons. The average molecular weight is 351 g/mol. The molecule has 0 aliphatic carbocycles. The van der Waals surface area contributed by atoms with E-state index in [9.17, 15) is 0 Å². The standard InChI is InChI=1S/C9H11Br.Cs.FH/c10-8-4-7-9-5-2-1-3-6-9;;/h1-3,5-6H,4,7-8H2;;1H/q;+1;/p-1. The second kappa shape index (κ2) is 10.8. The minimum absolute atomic E-state index is 0. The Bertz CT molecular complexity index is 179. The van der Waals surface area contributed by atoms with Crippen molar-refractivity contribution in [2.24, 2.45) is 0 Å². The van der Waals surface area contributed by atoms with E-state index >= 15 is 0 Å². The minimum atomic E-state index is 0. The molecule has 1 aromatic carbocycles. The van der Waals surface area contributed by atoms with Crippen molar-refractivity contribution in [1.29, 1.82) is 0 Å². The summed E-state index contributed by atoms with van der Waals surface area (Å²) in [6.07, 6.45) is 2.41. The quantitative estimate of drug-likeness (QED) is 0.511. The first-order valence-corrected chi connectivity index (χ1v) is 4.65. The zero-order chi connectivity index (χ0) is 7.23. The zero-order valence-electron chi connectivity index (χ0n) is 7.26. The van der Waals surface area contributed by atoms with Gasteiger partial charge in [-0.1, -0.05) is 46.3 Å². The smallest absolute Gasteiger partial charge is 1.00 e. The first-order chi connectivity index (χ1) is 4.93. The predicted octanol–water partition coefficient (Wildman–Crippen LogP) is -2.98. The van der Waals surface area contributed by atoms with Crippen LogP contribution in [-0.2, 0) is 6.42 Å². The van der Waals surface area contributed by atoms with Crippen LogP contribution in [0.3, 0.4) is 0 Å². The molecule has 0 aliphatic rings. The Balaban J connectivity index is 0. The van der Waals surface area contributed by atoms with Crippen molar-refractivity contribution in [2.45, 2.75) is 12.8 Å². The third-order valence-electron chi connectivity index (χ3n) is 1.44. The summed E-state index contributed by atoms with van der Waals surface area (Å²) in [6, 6.07) is 10.6. The van der Waals surface area contributed by atoms with Gasteiger partial charge in [-0.3, -0.25) is 0 Å². The predicted molar refractivity (Wildman–Crippen MR) is 48.6 cm³/mol. The van der Waals surface area contributed by atoms with Crippen molar-refractivity contribution >= 4 is 15.9 Å². The van der Waals surface area contributed by atoms with Crippen molar-refractivity contribution in [3.05, 3.63) is 35.9 Å². The van der Waals surface area contributed by atoms with Gasteiger partial charge < -0.3 is 4.70 Å². The topological polar surface area (TPSA) is 0 Å². The van der Waals surface area contributed by atoms with Crippen LogP contribution in [0.2, 0.25) is 0 Å². The van der Waals surface area contributed by atoms with Gasteiger partial charge in [-0.25, -0.2) is 0 Å². The van der Waals surface area contributed by atoms with Crippen molar-refractivity contribution in [1.82, 2.24) is 0 Å². The maximum absolute atomic E-state index is 3.41. The molecule has 0 heterocycles. The van der Waals surface area contributed by atoms with Gasteiger partial charge in [-0.05, 0) is 18.4 Å². The van der Waals surface area contributed by atoms with E-state index in [1.165, 1.54) is 18.4 Å². The molecule has 0 aliphatic heterocycles. The van der Waals surface area contributed by atoms with Crippen LogP contribution in [0.15, 0.2) is 30.3 Å². The molecule has 0 N–H and O–H groups in total. The summed E-state index contributed by atoms with van der Waals surface area (Å²) in [5.74, 6) is 0. The van der Waals surface area contributed by atoms with Crippen LogP contribution < -0.4 is 73.6 Å². The number of alkyl halides is 1. The molecule has 3 heteroatoms. The third-order valence-corrected chi connectivity index (χ3v) is 2.00.